The smallest absolute Gasteiger partial charge is 0.320 e. The third kappa shape index (κ3) is 4.32. The lowest BCUT2D eigenvalue weighted by Crippen LogP contribution is -2.30. The number of rotatable bonds is 8. The van der Waals surface area contributed by atoms with Crippen molar-refractivity contribution in [1.29, 1.82) is 0 Å². The number of imidazole rings is 1. The van der Waals surface area contributed by atoms with E-state index in [1.807, 2.05) is 4.57 Å². The van der Waals surface area contributed by atoms with Gasteiger partial charge in [0.05, 0.1) is 7.11 Å². The molecule has 2 fully saturated rings. The van der Waals surface area contributed by atoms with Crippen LogP contribution in [0.5, 0.6) is 12.0 Å². The molecule has 0 radical (unpaired) electrons. The molecule has 1 aliphatic carbocycles. The number of nitrogens with zero attached hydrogens (tertiary/aromatic N) is 5. The molecule has 1 saturated carbocycles. The molecule has 3 heterocycles. The lowest BCUT2D eigenvalue weighted by Gasteiger charge is -2.26. The van der Waals surface area contributed by atoms with Gasteiger partial charge in [-0.2, -0.15) is 15.0 Å². The lowest BCUT2D eigenvalue weighted by atomic mass is 10.1. The van der Waals surface area contributed by atoms with E-state index in [9.17, 15) is 0 Å². The molecule has 1 saturated heterocycles. The Balaban J connectivity index is 1.46. The molecule has 1 aliphatic heterocycles. The van der Waals surface area contributed by atoms with Crippen LogP contribution in [0, 0.1) is 0 Å². The molecule has 2 aromatic rings. The van der Waals surface area contributed by atoms with Crippen LogP contribution in [0.25, 0.3) is 11.2 Å². The minimum absolute atomic E-state index is 0.194. The number of likely N-dealkylation sites (tertiary alicyclic amines) is 1. The normalized spacial score (nSPS) is 18.8. The first-order valence-corrected chi connectivity index (χ1v) is 10.7. The van der Waals surface area contributed by atoms with E-state index < -0.39 is 0 Å². The molecule has 0 bridgehead atoms. The van der Waals surface area contributed by atoms with Crippen LogP contribution in [0.3, 0.4) is 0 Å². The minimum atomic E-state index is 0.194. The quantitative estimate of drug-likeness (QED) is 0.695. The van der Waals surface area contributed by atoms with Crippen molar-refractivity contribution in [1.82, 2.24) is 24.4 Å². The van der Waals surface area contributed by atoms with Gasteiger partial charge in [-0.1, -0.05) is 6.42 Å². The fraction of sp³-hybridized carbons (Fsp3) is 0.750. The Morgan fingerprint density at radius 3 is 2.46 bits per heavy atom. The third-order valence-electron chi connectivity index (χ3n) is 5.88. The monoisotopic (exact) mass is 388 g/mol. The molecular formula is C20H32N6O2. The summed E-state index contributed by atoms with van der Waals surface area (Å²) >= 11 is 0. The highest BCUT2D eigenvalue weighted by Crippen LogP contribution is 2.28. The summed E-state index contributed by atoms with van der Waals surface area (Å²) in [4.78, 5) is 16.0. The molecule has 4 rings (SSSR count). The van der Waals surface area contributed by atoms with Gasteiger partial charge in [0.25, 0.3) is 6.01 Å². The molecular weight excluding hydrogens is 356 g/mol. The Labute approximate surface area is 166 Å². The van der Waals surface area contributed by atoms with E-state index in [4.69, 9.17) is 15.2 Å². The lowest BCUT2D eigenvalue weighted by molar-refractivity contribution is 0.193. The van der Waals surface area contributed by atoms with Crippen molar-refractivity contribution in [2.75, 3.05) is 32.5 Å². The number of hydrogen-bond acceptors (Lipinski definition) is 7. The first-order valence-electron chi connectivity index (χ1n) is 10.7. The highest BCUT2D eigenvalue weighted by atomic mass is 16.5. The number of unbranched alkanes of at least 4 members (excludes halogenated alkanes) is 1. The second kappa shape index (κ2) is 8.94. The molecule has 8 heteroatoms. The fourth-order valence-corrected chi connectivity index (χ4v) is 4.33. The van der Waals surface area contributed by atoms with E-state index in [0.717, 1.165) is 38.8 Å². The van der Waals surface area contributed by atoms with Crippen molar-refractivity contribution in [3.63, 3.8) is 0 Å². The molecule has 8 nitrogen and oxygen atoms in total. The summed E-state index contributed by atoms with van der Waals surface area (Å²) < 4.78 is 13.5. The van der Waals surface area contributed by atoms with E-state index in [1.165, 1.54) is 45.2 Å². The van der Waals surface area contributed by atoms with Crippen LogP contribution in [0.1, 0.15) is 57.8 Å². The van der Waals surface area contributed by atoms with E-state index in [0.29, 0.717) is 29.0 Å². The van der Waals surface area contributed by atoms with Gasteiger partial charge >= 0.3 is 6.01 Å². The van der Waals surface area contributed by atoms with Crippen molar-refractivity contribution >= 4 is 17.0 Å². The van der Waals surface area contributed by atoms with Crippen molar-refractivity contribution in [2.45, 2.75) is 70.4 Å². The summed E-state index contributed by atoms with van der Waals surface area (Å²) in [7, 11) is 1.63. The summed E-state index contributed by atoms with van der Waals surface area (Å²) in [6, 6.07) is 0.890. The predicted octanol–water partition coefficient (Wildman–Crippen LogP) is 3.00. The zero-order valence-electron chi connectivity index (χ0n) is 16.9. The zero-order chi connectivity index (χ0) is 19.3. The van der Waals surface area contributed by atoms with Crippen LogP contribution < -0.4 is 15.2 Å². The minimum Gasteiger partial charge on any atom is -0.468 e. The number of hydrogen-bond donors (Lipinski definition) is 1. The highest BCUT2D eigenvalue weighted by molar-refractivity contribution is 5.83. The average Bonchev–Trinajstić information content (AvgIpc) is 3.34. The van der Waals surface area contributed by atoms with Gasteiger partial charge in [-0.25, -0.2) is 0 Å². The number of nitrogen functional groups attached to an aromatic ring is 1. The molecule has 2 aromatic heterocycles. The number of ether oxygens (including phenoxy) is 2. The van der Waals surface area contributed by atoms with Gasteiger partial charge in [-0.15, -0.1) is 0 Å². The SMILES string of the molecule is COc1nc2c(N)nc(OC3CCCC3)nc2n1CCCCN1CCCCC1. The van der Waals surface area contributed by atoms with Crippen LogP contribution in [0.15, 0.2) is 0 Å². The number of piperidine rings is 1. The Morgan fingerprint density at radius 1 is 0.964 bits per heavy atom. The molecule has 28 heavy (non-hydrogen) atoms. The van der Waals surface area contributed by atoms with Gasteiger partial charge < -0.3 is 20.1 Å². The van der Waals surface area contributed by atoms with Crippen LogP contribution >= 0.6 is 0 Å². The van der Waals surface area contributed by atoms with Crippen LogP contribution in [0.2, 0.25) is 0 Å². The van der Waals surface area contributed by atoms with Crippen LogP contribution in [-0.2, 0) is 6.54 Å². The topological polar surface area (TPSA) is 91.3 Å². The summed E-state index contributed by atoms with van der Waals surface area (Å²) in [6.07, 6.45) is 10.9. The van der Waals surface area contributed by atoms with E-state index in [-0.39, 0.29) is 6.10 Å². The van der Waals surface area contributed by atoms with Crippen LogP contribution in [-0.4, -0.2) is 57.3 Å². The first-order chi connectivity index (χ1) is 13.7. The van der Waals surface area contributed by atoms with Gasteiger partial charge in [0.2, 0.25) is 0 Å². The maximum Gasteiger partial charge on any atom is 0.320 e. The zero-order valence-corrected chi connectivity index (χ0v) is 16.9. The maximum absolute atomic E-state index is 6.15. The van der Waals surface area contributed by atoms with Gasteiger partial charge in [0.15, 0.2) is 17.0 Å². The summed E-state index contributed by atoms with van der Waals surface area (Å²) in [5.41, 5.74) is 7.44. The Morgan fingerprint density at radius 2 is 1.71 bits per heavy atom. The summed E-state index contributed by atoms with van der Waals surface area (Å²) in [5, 5.41) is 0. The fourth-order valence-electron chi connectivity index (χ4n) is 4.33. The second-order valence-corrected chi connectivity index (χ2v) is 7.95. The molecule has 2 N–H and O–H groups in total. The molecule has 2 aliphatic rings. The number of aromatic nitrogens is 4. The largest absolute Gasteiger partial charge is 0.468 e. The molecule has 0 unspecified atom stereocenters. The maximum atomic E-state index is 6.15. The Hall–Kier alpha value is -2.09. The standard InChI is InChI=1S/C20H32N6O2/c1-27-20-22-16-17(21)23-19(28-15-9-3-4-10-15)24-18(16)26(20)14-8-7-13-25-11-5-2-6-12-25/h15H,2-14H2,1H3,(H2,21,23,24). The van der Waals surface area contributed by atoms with Crippen LogP contribution in [0.4, 0.5) is 5.82 Å². The molecule has 0 spiro atoms. The average molecular weight is 389 g/mol. The van der Waals surface area contributed by atoms with Gasteiger partial charge in [-0.05, 0) is 71.0 Å². The van der Waals surface area contributed by atoms with Crippen molar-refractivity contribution in [3.05, 3.63) is 0 Å². The molecule has 0 atom stereocenters. The number of anilines is 1. The third-order valence-corrected chi connectivity index (χ3v) is 5.88. The van der Waals surface area contributed by atoms with Crippen molar-refractivity contribution < 1.29 is 9.47 Å². The van der Waals surface area contributed by atoms with Gasteiger partial charge in [-0.3, -0.25) is 4.57 Å². The second-order valence-electron chi connectivity index (χ2n) is 7.95. The summed E-state index contributed by atoms with van der Waals surface area (Å²) in [6.45, 7) is 4.43. The number of fused-ring (bicyclic) bond motifs is 1. The number of methoxy groups -OCH3 is 1. The highest BCUT2D eigenvalue weighted by Gasteiger charge is 2.21. The number of aryl methyl sites for hydroxylation is 1. The van der Waals surface area contributed by atoms with E-state index in [1.54, 1.807) is 7.11 Å². The first kappa shape index (κ1) is 19.2. The Bertz CT molecular complexity index is 781. The Kier molecular flexibility index (Phi) is 6.14. The predicted molar refractivity (Wildman–Crippen MR) is 109 cm³/mol. The van der Waals surface area contributed by atoms with Crippen molar-refractivity contribution in [3.8, 4) is 12.0 Å². The number of nitrogens with two attached hydrogens (primary N) is 1. The van der Waals surface area contributed by atoms with Crippen molar-refractivity contribution in [2.24, 2.45) is 0 Å². The van der Waals surface area contributed by atoms with E-state index >= 15 is 0 Å². The van der Waals surface area contributed by atoms with Gasteiger partial charge in [0.1, 0.15) is 6.10 Å². The van der Waals surface area contributed by atoms with Gasteiger partial charge in [0, 0.05) is 6.54 Å². The van der Waals surface area contributed by atoms with E-state index in [2.05, 4.69) is 19.9 Å². The molecule has 154 valence electrons. The molecule has 0 aromatic carbocycles. The summed E-state index contributed by atoms with van der Waals surface area (Å²) in [5.74, 6) is 0.350. The molecule has 0 amide bonds.